The Morgan fingerprint density at radius 3 is 2.66 bits per heavy atom. The Morgan fingerprint density at radius 1 is 1.07 bits per heavy atom. The van der Waals surface area contributed by atoms with Gasteiger partial charge in [0.25, 0.3) is 5.91 Å². The number of aromatic amines is 1. The second kappa shape index (κ2) is 7.22. The van der Waals surface area contributed by atoms with E-state index in [9.17, 15) is 9.59 Å². The first-order chi connectivity index (χ1) is 14.1. The zero-order valence-electron chi connectivity index (χ0n) is 16.9. The van der Waals surface area contributed by atoms with Crippen LogP contribution < -0.4 is 5.69 Å². The molecule has 0 unspecified atom stereocenters. The van der Waals surface area contributed by atoms with Crippen molar-refractivity contribution in [2.45, 2.75) is 32.4 Å². The predicted molar refractivity (Wildman–Crippen MR) is 112 cm³/mol. The first-order valence-electron chi connectivity index (χ1n) is 10.5. The molecule has 2 aromatic heterocycles. The van der Waals surface area contributed by atoms with Crippen molar-refractivity contribution in [2.24, 2.45) is 7.05 Å². The zero-order chi connectivity index (χ0) is 20.0. The Morgan fingerprint density at radius 2 is 1.86 bits per heavy atom. The van der Waals surface area contributed by atoms with Crippen LogP contribution in [0.5, 0.6) is 0 Å². The Balaban J connectivity index is 1.27. The molecule has 1 fully saturated rings. The molecule has 5 rings (SSSR count). The van der Waals surface area contributed by atoms with Gasteiger partial charge in [0.1, 0.15) is 5.69 Å². The monoisotopic (exact) mass is 393 g/mol. The van der Waals surface area contributed by atoms with Crippen LogP contribution in [0.3, 0.4) is 0 Å². The van der Waals surface area contributed by atoms with E-state index in [4.69, 9.17) is 0 Å². The fourth-order valence-electron chi connectivity index (χ4n) is 4.75. The van der Waals surface area contributed by atoms with Crippen molar-refractivity contribution in [3.05, 3.63) is 57.9 Å². The lowest BCUT2D eigenvalue weighted by atomic mass is 10.1. The van der Waals surface area contributed by atoms with E-state index >= 15 is 0 Å². The van der Waals surface area contributed by atoms with E-state index in [1.165, 1.54) is 11.1 Å². The summed E-state index contributed by atoms with van der Waals surface area (Å²) in [7, 11) is 1.73. The van der Waals surface area contributed by atoms with Gasteiger partial charge in [0.2, 0.25) is 0 Å². The van der Waals surface area contributed by atoms with E-state index in [2.05, 4.69) is 34.1 Å². The molecule has 2 aliphatic heterocycles. The van der Waals surface area contributed by atoms with Crippen LogP contribution in [0, 0.1) is 0 Å². The van der Waals surface area contributed by atoms with Crippen molar-refractivity contribution >= 4 is 16.8 Å². The second-order valence-electron chi connectivity index (χ2n) is 8.20. The average molecular weight is 393 g/mol. The fraction of sp³-hybridized carbons (Fsp3) is 0.455. The van der Waals surface area contributed by atoms with Gasteiger partial charge in [-0.1, -0.05) is 18.2 Å². The molecule has 1 N–H and O–H groups in total. The molecule has 29 heavy (non-hydrogen) atoms. The zero-order valence-corrected chi connectivity index (χ0v) is 16.9. The lowest BCUT2D eigenvalue weighted by Gasteiger charge is -2.34. The quantitative estimate of drug-likeness (QED) is 0.740. The summed E-state index contributed by atoms with van der Waals surface area (Å²) in [4.78, 5) is 33.5. The first kappa shape index (κ1) is 18.2. The molecule has 2 aliphatic rings. The number of carbonyl (C=O) groups is 1. The van der Waals surface area contributed by atoms with Gasteiger partial charge in [0.05, 0.1) is 5.69 Å². The van der Waals surface area contributed by atoms with Gasteiger partial charge in [0, 0.05) is 57.5 Å². The largest absolute Gasteiger partial charge is 0.357 e. The summed E-state index contributed by atoms with van der Waals surface area (Å²) in [6.45, 7) is 4.65. The summed E-state index contributed by atoms with van der Waals surface area (Å²) < 4.78 is 3.35. The van der Waals surface area contributed by atoms with Crippen LogP contribution in [-0.2, 0) is 26.6 Å². The summed E-state index contributed by atoms with van der Waals surface area (Å²) in [6, 6.07) is 10.5. The summed E-state index contributed by atoms with van der Waals surface area (Å²) in [5.41, 5.74) is 3.83. The van der Waals surface area contributed by atoms with Gasteiger partial charge in [-0.15, -0.1) is 0 Å². The molecule has 7 nitrogen and oxygen atoms in total. The number of carbonyl (C=O) groups excluding carboxylic acids is 1. The van der Waals surface area contributed by atoms with Crippen LogP contribution in [0.1, 0.15) is 34.7 Å². The number of nitrogens with zero attached hydrogens (tertiary/aromatic N) is 4. The Labute approximate surface area is 169 Å². The van der Waals surface area contributed by atoms with Crippen LogP contribution in [0.15, 0.2) is 35.1 Å². The number of hydrogen-bond donors (Lipinski definition) is 1. The second-order valence-corrected chi connectivity index (χ2v) is 8.20. The standard InChI is InChI=1S/C22H27N5O2/c1-24-20(19-8-4-5-9-27(19)22(24)29)21(28)26-12-10-25(11-13-26)15-17-14-16-6-2-3-7-18(16)23-17/h2-3,6-7,14,23H,4-5,8-13,15H2,1H3. The highest BCUT2D eigenvalue weighted by Gasteiger charge is 2.30. The van der Waals surface area contributed by atoms with Gasteiger partial charge in [0.15, 0.2) is 0 Å². The number of aromatic nitrogens is 3. The molecule has 0 atom stereocenters. The number of nitrogens with one attached hydrogen (secondary N) is 1. The van der Waals surface area contributed by atoms with Crippen molar-refractivity contribution in [3.63, 3.8) is 0 Å². The maximum atomic E-state index is 13.2. The number of piperazine rings is 1. The van der Waals surface area contributed by atoms with E-state index in [0.717, 1.165) is 56.7 Å². The molecule has 0 aliphatic carbocycles. The number of H-pyrrole nitrogens is 1. The number of imidazole rings is 1. The topological polar surface area (TPSA) is 66.3 Å². The van der Waals surface area contributed by atoms with Gasteiger partial charge in [-0.3, -0.25) is 18.8 Å². The molecule has 0 bridgehead atoms. The highest BCUT2D eigenvalue weighted by molar-refractivity contribution is 5.94. The highest BCUT2D eigenvalue weighted by atomic mass is 16.2. The lowest BCUT2D eigenvalue weighted by Crippen LogP contribution is -2.49. The lowest BCUT2D eigenvalue weighted by molar-refractivity contribution is 0.0616. The Hall–Kier alpha value is -2.80. The summed E-state index contributed by atoms with van der Waals surface area (Å²) >= 11 is 0. The molecule has 152 valence electrons. The van der Waals surface area contributed by atoms with E-state index in [1.807, 2.05) is 11.0 Å². The predicted octanol–water partition coefficient (Wildman–Crippen LogP) is 1.96. The Bertz CT molecular complexity index is 1080. The molecule has 1 aromatic carbocycles. The number of para-hydroxylation sites is 1. The van der Waals surface area contributed by atoms with Crippen LogP contribution >= 0.6 is 0 Å². The SMILES string of the molecule is Cn1c(C(=O)N2CCN(Cc3cc4ccccc4[nH]3)CC2)c2n(c1=O)CCCC2. The van der Waals surface area contributed by atoms with Gasteiger partial charge < -0.3 is 9.88 Å². The van der Waals surface area contributed by atoms with Crippen LogP contribution in [0.4, 0.5) is 0 Å². The summed E-state index contributed by atoms with van der Waals surface area (Å²) in [5.74, 6) is 0.00510. The maximum Gasteiger partial charge on any atom is 0.328 e. The molecule has 3 aromatic rings. The third kappa shape index (κ3) is 3.19. The van der Waals surface area contributed by atoms with Crippen LogP contribution in [0.2, 0.25) is 0 Å². The van der Waals surface area contributed by atoms with Gasteiger partial charge in [-0.2, -0.15) is 0 Å². The molecule has 7 heteroatoms. The molecule has 0 radical (unpaired) electrons. The molecule has 4 heterocycles. The number of amides is 1. The van der Waals surface area contributed by atoms with Crippen molar-refractivity contribution in [2.75, 3.05) is 26.2 Å². The average Bonchev–Trinajstić information content (AvgIpc) is 3.26. The third-order valence-electron chi connectivity index (χ3n) is 6.34. The molecule has 0 spiro atoms. The molecule has 0 saturated carbocycles. The van der Waals surface area contributed by atoms with Gasteiger partial charge in [-0.25, -0.2) is 4.79 Å². The van der Waals surface area contributed by atoms with E-state index < -0.39 is 0 Å². The first-order valence-corrected chi connectivity index (χ1v) is 10.5. The van der Waals surface area contributed by atoms with Crippen molar-refractivity contribution in [1.82, 2.24) is 23.9 Å². The van der Waals surface area contributed by atoms with E-state index in [1.54, 1.807) is 16.2 Å². The van der Waals surface area contributed by atoms with E-state index in [0.29, 0.717) is 18.8 Å². The maximum absolute atomic E-state index is 13.2. The summed E-state index contributed by atoms with van der Waals surface area (Å²) in [5, 5.41) is 1.23. The fourth-order valence-corrected chi connectivity index (χ4v) is 4.75. The smallest absolute Gasteiger partial charge is 0.328 e. The molecule has 1 amide bonds. The minimum absolute atomic E-state index is 0.00510. The third-order valence-corrected chi connectivity index (χ3v) is 6.34. The van der Waals surface area contributed by atoms with Crippen molar-refractivity contribution < 1.29 is 4.79 Å². The minimum Gasteiger partial charge on any atom is -0.357 e. The number of hydrogen-bond acceptors (Lipinski definition) is 3. The van der Waals surface area contributed by atoms with Crippen LogP contribution in [-0.4, -0.2) is 56.0 Å². The normalized spacial score (nSPS) is 17.6. The highest BCUT2D eigenvalue weighted by Crippen LogP contribution is 2.20. The van der Waals surface area contributed by atoms with Gasteiger partial charge >= 0.3 is 5.69 Å². The minimum atomic E-state index is -0.0551. The number of fused-ring (bicyclic) bond motifs is 2. The van der Waals surface area contributed by atoms with E-state index in [-0.39, 0.29) is 11.6 Å². The van der Waals surface area contributed by atoms with Crippen LogP contribution in [0.25, 0.3) is 10.9 Å². The summed E-state index contributed by atoms with van der Waals surface area (Å²) in [6.07, 6.45) is 2.87. The molecular weight excluding hydrogens is 366 g/mol. The number of benzene rings is 1. The van der Waals surface area contributed by atoms with Gasteiger partial charge in [-0.05, 0) is 36.8 Å². The molecular formula is C22H27N5O2. The molecule has 1 saturated heterocycles. The van der Waals surface area contributed by atoms with Crippen molar-refractivity contribution in [1.29, 1.82) is 0 Å². The number of rotatable bonds is 3. The Kier molecular flexibility index (Phi) is 4.54. The van der Waals surface area contributed by atoms with Crippen molar-refractivity contribution in [3.8, 4) is 0 Å².